The van der Waals surface area contributed by atoms with Crippen LogP contribution in [0.15, 0.2) is 12.3 Å². The van der Waals surface area contributed by atoms with Crippen molar-refractivity contribution in [3.8, 4) is 5.88 Å². The molecule has 1 fully saturated rings. The molecule has 2 aromatic heterocycles. The number of pyridine rings is 1. The molecule has 2 heterocycles. The van der Waals surface area contributed by atoms with Crippen molar-refractivity contribution in [1.29, 1.82) is 0 Å². The predicted molar refractivity (Wildman–Crippen MR) is 77.9 cm³/mol. The van der Waals surface area contributed by atoms with E-state index in [0.717, 1.165) is 31.1 Å². The molecule has 0 atom stereocenters. The van der Waals surface area contributed by atoms with Crippen LogP contribution in [0.1, 0.15) is 36.0 Å². The van der Waals surface area contributed by atoms with E-state index < -0.39 is 5.91 Å². The summed E-state index contributed by atoms with van der Waals surface area (Å²) in [7, 11) is 1.79. The Kier molecular flexibility index (Phi) is 3.50. The number of primary amides is 1. The van der Waals surface area contributed by atoms with Gasteiger partial charge in [-0.25, -0.2) is 0 Å². The lowest BCUT2D eigenvalue weighted by Gasteiger charge is -2.26. The lowest BCUT2D eigenvalue weighted by atomic mass is 9.94. The Bertz CT molecular complexity index is 673. The zero-order valence-corrected chi connectivity index (χ0v) is 12.0. The largest absolute Gasteiger partial charge is 0.474 e. The van der Waals surface area contributed by atoms with Gasteiger partial charge in [-0.3, -0.25) is 9.48 Å². The van der Waals surface area contributed by atoms with Gasteiger partial charge in [0.2, 0.25) is 5.88 Å². The number of hydrogen-bond donors (Lipinski definition) is 2. The fourth-order valence-electron chi connectivity index (χ4n) is 2.69. The van der Waals surface area contributed by atoms with Gasteiger partial charge in [0, 0.05) is 18.5 Å². The van der Waals surface area contributed by atoms with Crippen molar-refractivity contribution in [2.45, 2.75) is 37.8 Å². The molecule has 0 aromatic carbocycles. The molecule has 2 aromatic rings. The van der Waals surface area contributed by atoms with Gasteiger partial charge >= 0.3 is 0 Å². The maximum atomic E-state index is 11.6. The average Bonchev–Trinajstić information content (AvgIpc) is 2.81. The molecule has 112 valence electrons. The number of fused-ring (bicyclic) bond motifs is 1. The van der Waals surface area contributed by atoms with E-state index in [1.54, 1.807) is 24.0 Å². The second-order valence-electron chi connectivity index (χ2n) is 5.54. The van der Waals surface area contributed by atoms with E-state index in [1.165, 1.54) is 0 Å². The Morgan fingerprint density at radius 3 is 2.76 bits per heavy atom. The second kappa shape index (κ2) is 5.33. The van der Waals surface area contributed by atoms with Crippen molar-refractivity contribution in [3.05, 3.63) is 17.8 Å². The topological polar surface area (TPSA) is 109 Å². The summed E-state index contributed by atoms with van der Waals surface area (Å²) in [6.45, 7) is 0. The first kappa shape index (κ1) is 13.8. The molecule has 0 bridgehead atoms. The van der Waals surface area contributed by atoms with Crippen LogP contribution in [0.5, 0.6) is 5.88 Å². The minimum Gasteiger partial charge on any atom is -0.474 e. The Hall–Kier alpha value is -2.15. The van der Waals surface area contributed by atoms with E-state index in [1.807, 2.05) is 0 Å². The third-order valence-corrected chi connectivity index (χ3v) is 3.94. The van der Waals surface area contributed by atoms with Crippen molar-refractivity contribution >= 4 is 16.9 Å². The predicted octanol–water partition coefficient (Wildman–Crippen LogP) is 0.716. The number of rotatable bonds is 3. The molecule has 1 aliphatic rings. The van der Waals surface area contributed by atoms with Crippen LogP contribution in [0.2, 0.25) is 0 Å². The lowest BCUT2D eigenvalue weighted by molar-refractivity contribution is 0.0983. The molecule has 3 rings (SSSR count). The summed E-state index contributed by atoms with van der Waals surface area (Å²) in [6.07, 6.45) is 5.25. The van der Waals surface area contributed by atoms with Gasteiger partial charge < -0.3 is 16.2 Å². The van der Waals surface area contributed by atoms with E-state index in [-0.39, 0.29) is 12.1 Å². The number of aromatic nitrogens is 3. The van der Waals surface area contributed by atoms with Gasteiger partial charge in [-0.1, -0.05) is 0 Å². The molecule has 7 heteroatoms. The fourth-order valence-corrected chi connectivity index (χ4v) is 2.69. The van der Waals surface area contributed by atoms with Gasteiger partial charge in [0.25, 0.3) is 5.91 Å². The molecule has 0 aliphatic heterocycles. The van der Waals surface area contributed by atoms with Gasteiger partial charge in [-0.2, -0.15) is 10.1 Å². The first-order chi connectivity index (χ1) is 10.0. The van der Waals surface area contributed by atoms with E-state index >= 15 is 0 Å². The summed E-state index contributed by atoms with van der Waals surface area (Å²) in [5.74, 6) is -0.255. The summed E-state index contributed by atoms with van der Waals surface area (Å²) in [6, 6.07) is 1.93. The van der Waals surface area contributed by atoms with Crippen molar-refractivity contribution < 1.29 is 9.53 Å². The fraction of sp³-hybridized carbons (Fsp3) is 0.500. The minimum absolute atomic E-state index is 0.0288. The molecule has 4 N–H and O–H groups in total. The van der Waals surface area contributed by atoms with E-state index in [0.29, 0.717) is 17.1 Å². The number of nitrogens with two attached hydrogens (primary N) is 2. The van der Waals surface area contributed by atoms with Crippen molar-refractivity contribution in [3.63, 3.8) is 0 Å². The van der Waals surface area contributed by atoms with Crippen molar-refractivity contribution in [2.75, 3.05) is 0 Å². The zero-order chi connectivity index (χ0) is 15.0. The Labute approximate surface area is 122 Å². The Morgan fingerprint density at radius 2 is 2.10 bits per heavy atom. The summed E-state index contributed by atoms with van der Waals surface area (Å²) in [5, 5.41) is 4.89. The summed E-state index contributed by atoms with van der Waals surface area (Å²) in [5.41, 5.74) is 12.3. The van der Waals surface area contributed by atoms with Gasteiger partial charge in [-0.15, -0.1) is 0 Å². The standard InChI is InChI=1S/C14H19N5O2/c1-19-13-8(7-17-19)6-11(12(16)20)14(18-13)21-10-4-2-9(15)3-5-10/h6-7,9-10H,2-5,15H2,1H3,(H2,16,20)/t9-,10-. The van der Waals surface area contributed by atoms with Crippen LogP contribution >= 0.6 is 0 Å². The third-order valence-electron chi connectivity index (χ3n) is 3.94. The quantitative estimate of drug-likeness (QED) is 0.865. The highest BCUT2D eigenvalue weighted by molar-refractivity contribution is 5.98. The molecule has 1 aliphatic carbocycles. The van der Waals surface area contributed by atoms with E-state index in [2.05, 4.69) is 10.1 Å². The number of carbonyl (C=O) groups excluding carboxylic acids is 1. The monoisotopic (exact) mass is 289 g/mol. The highest BCUT2D eigenvalue weighted by Gasteiger charge is 2.23. The third kappa shape index (κ3) is 2.69. The maximum Gasteiger partial charge on any atom is 0.254 e. The van der Waals surface area contributed by atoms with Gasteiger partial charge in [0.15, 0.2) is 5.65 Å². The molecule has 21 heavy (non-hydrogen) atoms. The van der Waals surface area contributed by atoms with Gasteiger partial charge in [-0.05, 0) is 31.7 Å². The number of carbonyl (C=O) groups is 1. The Balaban J connectivity index is 1.93. The molecule has 1 saturated carbocycles. The number of amides is 1. The number of ether oxygens (including phenoxy) is 1. The van der Waals surface area contributed by atoms with Crippen LogP contribution in [0.25, 0.3) is 11.0 Å². The van der Waals surface area contributed by atoms with Crippen LogP contribution in [0.4, 0.5) is 0 Å². The zero-order valence-electron chi connectivity index (χ0n) is 12.0. The van der Waals surface area contributed by atoms with Crippen LogP contribution in [0, 0.1) is 0 Å². The number of aryl methyl sites for hydroxylation is 1. The van der Waals surface area contributed by atoms with Crippen LogP contribution in [-0.4, -0.2) is 32.8 Å². The SMILES string of the molecule is Cn1ncc2cc(C(N)=O)c(O[C@H]3CC[C@H](N)CC3)nc21. The number of nitrogens with zero attached hydrogens (tertiary/aromatic N) is 3. The van der Waals surface area contributed by atoms with Crippen LogP contribution in [0.3, 0.4) is 0 Å². The normalized spacial score (nSPS) is 22.4. The van der Waals surface area contributed by atoms with Crippen LogP contribution in [-0.2, 0) is 7.05 Å². The number of hydrogen-bond acceptors (Lipinski definition) is 5. The molecule has 7 nitrogen and oxygen atoms in total. The van der Waals surface area contributed by atoms with E-state index in [9.17, 15) is 4.79 Å². The minimum atomic E-state index is -0.546. The van der Waals surface area contributed by atoms with Crippen molar-refractivity contribution in [2.24, 2.45) is 18.5 Å². The molecular weight excluding hydrogens is 270 g/mol. The molecule has 0 saturated heterocycles. The summed E-state index contributed by atoms with van der Waals surface area (Å²) >= 11 is 0. The Morgan fingerprint density at radius 1 is 1.38 bits per heavy atom. The van der Waals surface area contributed by atoms with Crippen LogP contribution < -0.4 is 16.2 Å². The average molecular weight is 289 g/mol. The first-order valence-electron chi connectivity index (χ1n) is 7.09. The maximum absolute atomic E-state index is 11.6. The summed E-state index contributed by atoms with van der Waals surface area (Å²) in [4.78, 5) is 16.0. The van der Waals surface area contributed by atoms with Gasteiger partial charge in [0.1, 0.15) is 11.7 Å². The molecule has 1 amide bonds. The molecule has 0 spiro atoms. The smallest absolute Gasteiger partial charge is 0.254 e. The van der Waals surface area contributed by atoms with Crippen molar-refractivity contribution in [1.82, 2.24) is 14.8 Å². The molecule has 0 unspecified atom stereocenters. The highest BCUT2D eigenvalue weighted by Crippen LogP contribution is 2.26. The lowest BCUT2D eigenvalue weighted by Crippen LogP contribution is -2.32. The van der Waals surface area contributed by atoms with Gasteiger partial charge in [0.05, 0.1) is 6.20 Å². The molecule has 0 radical (unpaired) electrons. The molecular formula is C14H19N5O2. The second-order valence-corrected chi connectivity index (χ2v) is 5.54. The summed E-state index contributed by atoms with van der Waals surface area (Å²) < 4.78 is 7.56. The highest BCUT2D eigenvalue weighted by atomic mass is 16.5. The van der Waals surface area contributed by atoms with E-state index in [4.69, 9.17) is 16.2 Å². The first-order valence-corrected chi connectivity index (χ1v) is 7.09.